The zero-order valence-corrected chi connectivity index (χ0v) is 29.3. The van der Waals surface area contributed by atoms with Gasteiger partial charge in [-0.15, -0.1) is 0 Å². The Labute approximate surface area is 291 Å². The van der Waals surface area contributed by atoms with Gasteiger partial charge in [0.1, 0.15) is 12.6 Å². The van der Waals surface area contributed by atoms with E-state index in [-0.39, 0.29) is 23.8 Å². The molecule has 0 bridgehead atoms. The molecule has 0 spiro atoms. The molecule has 1 N–H and O–H groups in total. The van der Waals surface area contributed by atoms with E-state index < -0.39 is 56.9 Å². The molecule has 0 unspecified atom stereocenters. The second kappa shape index (κ2) is 16.0. The van der Waals surface area contributed by atoms with Gasteiger partial charge in [-0.1, -0.05) is 102 Å². The van der Waals surface area contributed by atoms with Crippen molar-refractivity contribution < 1.29 is 31.2 Å². The van der Waals surface area contributed by atoms with E-state index in [0.29, 0.717) is 27.0 Å². The third-order valence-corrected chi connectivity index (χ3v) is 9.96. The Balaban J connectivity index is 1.85. The number of benzene rings is 4. The lowest BCUT2D eigenvalue weighted by Crippen LogP contribution is -2.53. The standard InChI is InChI=1S/C35H34BrClF3N3O4S/c1-24(2)21-41-34(45)32(19-25-10-5-3-6-11-25)42(22-26-12-9-13-27(36)18-26)33(44)23-43(48(46,47)29-14-7-4-8-15-29)28-16-17-31(37)30(20-28)35(38,39)40/h3-18,20,24,32H,19,21-23H2,1-2H3,(H,41,45)/t32-/m1/s1. The molecule has 0 radical (unpaired) electrons. The van der Waals surface area contributed by atoms with Crippen molar-refractivity contribution in [1.82, 2.24) is 10.2 Å². The summed E-state index contributed by atoms with van der Waals surface area (Å²) in [7, 11) is -4.60. The van der Waals surface area contributed by atoms with Crippen LogP contribution in [0.3, 0.4) is 0 Å². The topological polar surface area (TPSA) is 86.8 Å². The summed E-state index contributed by atoms with van der Waals surface area (Å²) in [5, 5.41) is 2.26. The Bertz CT molecular complexity index is 1830. The van der Waals surface area contributed by atoms with Gasteiger partial charge in [-0.25, -0.2) is 8.42 Å². The Kier molecular flexibility index (Phi) is 12.3. The highest BCUT2D eigenvalue weighted by Crippen LogP contribution is 2.38. The van der Waals surface area contributed by atoms with E-state index in [1.54, 1.807) is 42.5 Å². The smallest absolute Gasteiger partial charge is 0.354 e. The molecular weight excluding hydrogens is 731 g/mol. The Morgan fingerprint density at radius 3 is 2.10 bits per heavy atom. The van der Waals surface area contributed by atoms with Gasteiger partial charge >= 0.3 is 6.18 Å². The fourth-order valence-corrected chi connectivity index (χ4v) is 7.04. The number of alkyl halides is 3. The lowest BCUT2D eigenvalue weighted by Gasteiger charge is -2.34. The first-order valence-electron chi connectivity index (χ1n) is 15.0. The number of sulfonamides is 1. The molecule has 0 aliphatic carbocycles. The summed E-state index contributed by atoms with van der Waals surface area (Å²) in [6.45, 7) is 3.16. The molecule has 254 valence electrons. The molecule has 48 heavy (non-hydrogen) atoms. The average molecular weight is 765 g/mol. The van der Waals surface area contributed by atoms with Gasteiger partial charge in [-0.3, -0.25) is 13.9 Å². The summed E-state index contributed by atoms with van der Waals surface area (Å²) in [5.41, 5.74) is -0.301. The minimum Gasteiger partial charge on any atom is -0.354 e. The van der Waals surface area contributed by atoms with Crippen LogP contribution in [0.2, 0.25) is 5.02 Å². The molecule has 0 saturated heterocycles. The van der Waals surface area contributed by atoms with Gasteiger partial charge in [0.15, 0.2) is 0 Å². The van der Waals surface area contributed by atoms with Crippen LogP contribution in [0.25, 0.3) is 0 Å². The summed E-state index contributed by atoms with van der Waals surface area (Å²) in [6.07, 6.45) is -4.81. The Morgan fingerprint density at radius 1 is 0.875 bits per heavy atom. The second-order valence-electron chi connectivity index (χ2n) is 11.5. The summed E-state index contributed by atoms with van der Waals surface area (Å²) in [5.74, 6) is -1.17. The highest BCUT2D eigenvalue weighted by molar-refractivity contribution is 9.10. The van der Waals surface area contributed by atoms with Gasteiger partial charge in [0.05, 0.1) is 21.2 Å². The van der Waals surface area contributed by atoms with Gasteiger partial charge in [0, 0.05) is 24.0 Å². The first kappa shape index (κ1) is 37.0. The number of hydrogen-bond donors (Lipinski definition) is 1. The predicted octanol–water partition coefficient (Wildman–Crippen LogP) is 7.73. The van der Waals surface area contributed by atoms with E-state index in [2.05, 4.69) is 21.2 Å². The molecule has 4 aromatic carbocycles. The van der Waals surface area contributed by atoms with E-state index in [1.165, 1.54) is 29.2 Å². The molecule has 4 aromatic rings. The van der Waals surface area contributed by atoms with Crippen LogP contribution in [0.15, 0.2) is 112 Å². The number of hydrogen-bond acceptors (Lipinski definition) is 4. The van der Waals surface area contributed by atoms with Gasteiger partial charge in [0.25, 0.3) is 10.0 Å². The molecule has 7 nitrogen and oxygen atoms in total. The maximum absolute atomic E-state index is 14.5. The molecule has 0 aliphatic rings. The van der Waals surface area contributed by atoms with Crippen molar-refractivity contribution in [3.8, 4) is 0 Å². The molecule has 4 rings (SSSR count). The number of nitrogens with zero attached hydrogens (tertiary/aromatic N) is 2. The fourth-order valence-electron chi connectivity index (χ4n) is 4.94. The van der Waals surface area contributed by atoms with E-state index in [9.17, 15) is 31.2 Å². The van der Waals surface area contributed by atoms with E-state index in [1.807, 2.05) is 32.0 Å². The third kappa shape index (κ3) is 9.61. The number of halogens is 5. The van der Waals surface area contributed by atoms with Crippen molar-refractivity contribution in [3.05, 3.63) is 129 Å². The van der Waals surface area contributed by atoms with Crippen LogP contribution < -0.4 is 9.62 Å². The monoisotopic (exact) mass is 763 g/mol. The molecule has 13 heteroatoms. The van der Waals surface area contributed by atoms with Crippen LogP contribution in [0.4, 0.5) is 18.9 Å². The van der Waals surface area contributed by atoms with Crippen molar-refractivity contribution in [2.24, 2.45) is 5.92 Å². The summed E-state index contributed by atoms with van der Waals surface area (Å²) < 4.78 is 71.3. The van der Waals surface area contributed by atoms with Crippen molar-refractivity contribution in [2.75, 3.05) is 17.4 Å². The number of carbonyl (C=O) groups is 2. The lowest BCUT2D eigenvalue weighted by molar-refractivity contribution is -0.140. The second-order valence-corrected chi connectivity index (χ2v) is 14.7. The molecular formula is C35H34BrClF3N3O4S. The molecule has 0 saturated carbocycles. The summed E-state index contributed by atoms with van der Waals surface area (Å²) in [4.78, 5) is 29.4. The van der Waals surface area contributed by atoms with Crippen molar-refractivity contribution in [1.29, 1.82) is 0 Å². The van der Waals surface area contributed by atoms with E-state index in [0.717, 1.165) is 17.7 Å². The SMILES string of the molecule is CC(C)CNC(=O)[C@@H](Cc1ccccc1)N(Cc1cccc(Br)c1)C(=O)CN(c1ccc(Cl)c(C(F)(F)F)c1)S(=O)(=O)c1ccccc1. The fraction of sp³-hybridized carbons (Fsp3) is 0.257. The van der Waals surface area contributed by atoms with Crippen LogP contribution in [-0.2, 0) is 38.8 Å². The van der Waals surface area contributed by atoms with Crippen LogP contribution in [0.1, 0.15) is 30.5 Å². The van der Waals surface area contributed by atoms with E-state index >= 15 is 0 Å². The molecule has 0 fully saturated rings. The van der Waals surface area contributed by atoms with Crippen LogP contribution in [-0.4, -0.2) is 44.3 Å². The van der Waals surface area contributed by atoms with Crippen molar-refractivity contribution in [3.63, 3.8) is 0 Å². The first-order valence-corrected chi connectivity index (χ1v) is 17.6. The predicted molar refractivity (Wildman–Crippen MR) is 184 cm³/mol. The van der Waals surface area contributed by atoms with Gasteiger partial charge in [0.2, 0.25) is 11.8 Å². The van der Waals surface area contributed by atoms with Gasteiger partial charge in [-0.2, -0.15) is 13.2 Å². The van der Waals surface area contributed by atoms with Gasteiger partial charge in [-0.05, 0) is 59.5 Å². The molecule has 0 aliphatic heterocycles. The van der Waals surface area contributed by atoms with Crippen LogP contribution in [0.5, 0.6) is 0 Å². The van der Waals surface area contributed by atoms with Crippen LogP contribution in [0, 0.1) is 5.92 Å². The largest absolute Gasteiger partial charge is 0.417 e. The Hall–Kier alpha value is -3.87. The quantitative estimate of drug-likeness (QED) is 0.151. The number of nitrogens with one attached hydrogen (secondary N) is 1. The van der Waals surface area contributed by atoms with Crippen LogP contribution >= 0.6 is 27.5 Å². The zero-order valence-electron chi connectivity index (χ0n) is 26.1. The number of amides is 2. The molecule has 2 amide bonds. The minimum atomic E-state index is -4.90. The first-order chi connectivity index (χ1) is 22.7. The van der Waals surface area contributed by atoms with Crippen molar-refractivity contribution >= 4 is 55.1 Å². The number of anilines is 1. The molecule has 0 heterocycles. The maximum atomic E-state index is 14.5. The maximum Gasteiger partial charge on any atom is 0.417 e. The third-order valence-electron chi connectivity index (χ3n) is 7.35. The summed E-state index contributed by atoms with van der Waals surface area (Å²) in [6, 6.07) is 24.7. The summed E-state index contributed by atoms with van der Waals surface area (Å²) >= 11 is 9.30. The zero-order chi connectivity index (χ0) is 35.1. The van der Waals surface area contributed by atoms with Gasteiger partial charge < -0.3 is 10.2 Å². The van der Waals surface area contributed by atoms with E-state index in [4.69, 9.17) is 11.6 Å². The molecule has 1 atom stereocenters. The molecule has 0 aromatic heterocycles. The minimum absolute atomic E-state index is 0.0924. The normalized spacial score (nSPS) is 12.4. The lowest BCUT2D eigenvalue weighted by atomic mass is 10.0. The number of rotatable bonds is 13. The highest BCUT2D eigenvalue weighted by atomic mass is 79.9. The Morgan fingerprint density at radius 2 is 1.50 bits per heavy atom. The average Bonchev–Trinajstić information content (AvgIpc) is 3.04. The van der Waals surface area contributed by atoms with Crippen molar-refractivity contribution in [2.45, 2.75) is 43.9 Å². The number of carbonyl (C=O) groups excluding carboxylic acids is 2. The highest BCUT2D eigenvalue weighted by Gasteiger charge is 2.37.